The van der Waals surface area contributed by atoms with Crippen LogP contribution in [-0.4, -0.2) is 28.0 Å². The molecule has 0 aromatic heterocycles. The molecule has 3 aromatic rings. The summed E-state index contributed by atoms with van der Waals surface area (Å²) >= 11 is 12.0. The number of benzene rings is 3. The number of halogens is 2. The Kier molecular flexibility index (Phi) is 7.66. The van der Waals surface area contributed by atoms with Crippen molar-refractivity contribution in [2.75, 3.05) is 18.0 Å². The van der Waals surface area contributed by atoms with Crippen LogP contribution in [0.15, 0.2) is 77.7 Å². The number of carbonyl (C=O) groups is 1. The van der Waals surface area contributed by atoms with Crippen molar-refractivity contribution in [3.05, 3.63) is 88.4 Å². The standard InChI is InChI=1S/C23H22Cl2N2O4S/c1-16(17-6-10-21(31-2)11-7-17)26-23(28)15-27(20-5-3-4-19(25)14-20)32(29,30)22-12-8-18(24)9-13-22/h3-14,16H,15H2,1-2H3,(H,26,28). The van der Waals surface area contributed by atoms with Crippen molar-refractivity contribution >= 4 is 44.8 Å². The second-order valence-electron chi connectivity index (χ2n) is 7.01. The molecule has 3 rings (SSSR count). The van der Waals surface area contributed by atoms with Crippen molar-refractivity contribution in [3.8, 4) is 5.75 Å². The Bertz CT molecular complexity index is 1180. The van der Waals surface area contributed by atoms with E-state index in [4.69, 9.17) is 27.9 Å². The first-order chi connectivity index (χ1) is 15.2. The molecule has 0 bridgehead atoms. The molecule has 9 heteroatoms. The fraction of sp³-hybridized carbons (Fsp3) is 0.174. The lowest BCUT2D eigenvalue weighted by molar-refractivity contribution is -0.120. The number of nitrogens with zero attached hydrogens (tertiary/aromatic N) is 1. The van der Waals surface area contributed by atoms with Crippen LogP contribution >= 0.6 is 23.2 Å². The molecule has 1 atom stereocenters. The van der Waals surface area contributed by atoms with Gasteiger partial charge in [0.05, 0.1) is 23.7 Å². The quantitative estimate of drug-likeness (QED) is 0.475. The highest BCUT2D eigenvalue weighted by molar-refractivity contribution is 7.92. The minimum Gasteiger partial charge on any atom is -0.497 e. The SMILES string of the molecule is COc1ccc(C(C)NC(=O)CN(c2cccc(Cl)c2)S(=O)(=O)c2ccc(Cl)cc2)cc1. The van der Waals surface area contributed by atoms with Gasteiger partial charge in [0, 0.05) is 10.0 Å². The third kappa shape index (κ3) is 5.73. The number of anilines is 1. The lowest BCUT2D eigenvalue weighted by Gasteiger charge is -2.25. The van der Waals surface area contributed by atoms with E-state index >= 15 is 0 Å². The van der Waals surface area contributed by atoms with E-state index in [1.165, 1.54) is 30.3 Å². The molecule has 0 spiro atoms. The molecular formula is C23H22Cl2N2O4S. The largest absolute Gasteiger partial charge is 0.497 e. The van der Waals surface area contributed by atoms with Crippen LogP contribution in [0.25, 0.3) is 0 Å². The summed E-state index contributed by atoms with van der Waals surface area (Å²) in [6.45, 7) is 1.39. The van der Waals surface area contributed by atoms with Crippen LogP contribution in [0.3, 0.4) is 0 Å². The Balaban J connectivity index is 1.86. The van der Waals surface area contributed by atoms with Crippen LogP contribution in [0.1, 0.15) is 18.5 Å². The highest BCUT2D eigenvalue weighted by atomic mass is 35.5. The maximum absolute atomic E-state index is 13.4. The first-order valence-corrected chi connectivity index (χ1v) is 11.9. The number of hydrogen-bond acceptors (Lipinski definition) is 4. The van der Waals surface area contributed by atoms with Gasteiger partial charge in [0.15, 0.2) is 0 Å². The Morgan fingerprint density at radius 1 is 1.00 bits per heavy atom. The van der Waals surface area contributed by atoms with Crippen molar-refractivity contribution in [1.29, 1.82) is 0 Å². The van der Waals surface area contributed by atoms with E-state index in [-0.39, 0.29) is 16.6 Å². The molecule has 0 aliphatic heterocycles. The van der Waals surface area contributed by atoms with E-state index in [0.717, 1.165) is 9.87 Å². The maximum atomic E-state index is 13.4. The molecule has 0 aliphatic rings. The zero-order chi connectivity index (χ0) is 23.3. The average Bonchev–Trinajstić information content (AvgIpc) is 2.77. The third-order valence-electron chi connectivity index (χ3n) is 4.78. The summed E-state index contributed by atoms with van der Waals surface area (Å²) in [5.41, 5.74) is 1.13. The normalized spacial score (nSPS) is 12.1. The lowest BCUT2D eigenvalue weighted by Crippen LogP contribution is -2.41. The van der Waals surface area contributed by atoms with Gasteiger partial charge in [0.25, 0.3) is 10.0 Å². The zero-order valence-corrected chi connectivity index (χ0v) is 19.8. The van der Waals surface area contributed by atoms with Gasteiger partial charge < -0.3 is 10.1 Å². The minimum atomic E-state index is -4.05. The smallest absolute Gasteiger partial charge is 0.264 e. The number of rotatable bonds is 8. The van der Waals surface area contributed by atoms with Crippen LogP contribution in [0, 0.1) is 0 Å². The molecule has 0 saturated carbocycles. The van der Waals surface area contributed by atoms with Crippen molar-refractivity contribution in [3.63, 3.8) is 0 Å². The summed E-state index contributed by atoms with van der Waals surface area (Å²) in [5.74, 6) is 0.235. The molecule has 0 saturated heterocycles. The van der Waals surface area contributed by atoms with E-state index < -0.39 is 22.5 Å². The van der Waals surface area contributed by atoms with Crippen molar-refractivity contribution in [1.82, 2.24) is 5.32 Å². The molecule has 32 heavy (non-hydrogen) atoms. The van der Waals surface area contributed by atoms with Crippen molar-refractivity contribution in [2.24, 2.45) is 0 Å². The van der Waals surface area contributed by atoms with Gasteiger partial charge in [-0.05, 0) is 67.1 Å². The molecule has 1 N–H and O–H groups in total. The van der Waals surface area contributed by atoms with Crippen LogP contribution < -0.4 is 14.4 Å². The van der Waals surface area contributed by atoms with E-state index in [1.54, 1.807) is 37.4 Å². The second kappa shape index (κ2) is 10.3. The second-order valence-corrected chi connectivity index (χ2v) is 9.74. The Hall–Kier alpha value is -2.74. The molecule has 0 fully saturated rings. The van der Waals surface area contributed by atoms with Crippen molar-refractivity contribution < 1.29 is 17.9 Å². The third-order valence-corrected chi connectivity index (χ3v) is 7.05. The van der Waals surface area contributed by atoms with Gasteiger partial charge in [-0.3, -0.25) is 9.10 Å². The molecule has 0 aliphatic carbocycles. The van der Waals surface area contributed by atoms with Crippen LogP contribution in [0.4, 0.5) is 5.69 Å². The van der Waals surface area contributed by atoms with Crippen LogP contribution in [0.2, 0.25) is 10.0 Å². The summed E-state index contributed by atoms with van der Waals surface area (Å²) in [6.07, 6.45) is 0. The summed E-state index contributed by atoms with van der Waals surface area (Å²) in [6, 6.07) is 19.0. The van der Waals surface area contributed by atoms with E-state index in [9.17, 15) is 13.2 Å². The van der Waals surface area contributed by atoms with Crippen LogP contribution in [0.5, 0.6) is 5.75 Å². The summed E-state index contributed by atoms with van der Waals surface area (Å²) in [4.78, 5) is 12.9. The number of carbonyl (C=O) groups excluding carboxylic acids is 1. The highest BCUT2D eigenvalue weighted by Crippen LogP contribution is 2.27. The van der Waals surface area contributed by atoms with Gasteiger partial charge in [-0.15, -0.1) is 0 Å². The van der Waals surface area contributed by atoms with E-state index in [1.807, 2.05) is 19.1 Å². The number of amides is 1. The predicted octanol–water partition coefficient (Wildman–Crippen LogP) is 5.07. The maximum Gasteiger partial charge on any atom is 0.264 e. The number of sulfonamides is 1. The van der Waals surface area contributed by atoms with Gasteiger partial charge in [0.2, 0.25) is 5.91 Å². The fourth-order valence-corrected chi connectivity index (χ4v) is 4.80. The molecule has 6 nitrogen and oxygen atoms in total. The Morgan fingerprint density at radius 2 is 1.66 bits per heavy atom. The average molecular weight is 493 g/mol. The number of hydrogen-bond donors (Lipinski definition) is 1. The molecular weight excluding hydrogens is 471 g/mol. The molecule has 1 unspecified atom stereocenters. The molecule has 0 radical (unpaired) electrons. The summed E-state index contributed by atoms with van der Waals surface area (Å²) in [5, 5.41) is 3.60. The molecule has 3 aromatic carbocycles. The molecule has 168 valence electrons. The lowest BCUT2D eigenvalue weighted by atomic mass is 10.1. The van der Waals surface area contributed by atoms with Gasteiger partial charge >= 0.3 is 0 Å². The summed E-state index contributed by atoms with van der Waals surface area (Å²) < 4.78 is 32.9. The van der Waals surface area contributed by atoms with E-state index in [0.29, 0.717) is 15.8 Å². The van der Waals surface area contributed by atoms with Gasteiger partial charge in [-0.2, -0.15) is 0 Å². The number of ether oxygens (including phenoxy) is 1. The van der Waals surface area contributed by atoms with Gasteiger partial charge in [0.1, 0.15) is 12.3 Å². The van der Waals surface area contributed by atoms with Gasteiger partial charge in [-0.1, -0.05) is 41.4 Å². The molecule has 1 amide bonds. The van der Waals surface area contributed by atoms with E-state index in [2.05, 4.69) is 5.32 Å². The molecule has 0 heterocycles. The number of methoxy groups -OCH3 is 1. The predicted molar refractivity (Wildman–Crippen MR) is 127 cm³/mol. The first kappa shape index (κ1) is 23.9. The zero-order valence-electron chi connectivity index (χ0n) is 17.5. The fourth-order valence-electron chi connectivity index (χ4n) is 3.07. The Morgan fingerprint density at radius 3 is 2.25 bits per heavy atom. The van der Waals surface area contributed by atoms with Gasteiger partial charge in [-0.25, -0.2) is 8.42 Å². The monoisotopic (exact) mass is 492 g/mol. The van der Waals surface area contributed by atoms with Crippen molar-refractivity contribution in [2.45, 2.75) is 17.9 Å². The number of nitrogens with one attached hydrogen (secondary N) is 1. The Labute approximate surface area is 197 Å². The highest BCUT2D eigenvalue weighted by Gasteiger charge is 2.28. The van der Waals surface area contributed by atoms with Crippen LogP contribution in [-0.2, 0) is 14.8 Å². The first-order valence-electron chi connectivity index (χ1n) is 9.68. The summed E-state index contributed by atoms with van der Waals surface area (Å²) in [7, 11) is -2.48. The minimum absolute atomic E-state index is 0.0119. The topological polar surface area (TPSA) is 75.7 Å².